The number of aliphatic hydroxyl groups is 1. The summed E-state index contributed by atoms with van der Waals surface area (Å²) in [4.78, 5) is 8.42. The zero-order chi connectivity index (χ0) is 12.5. The molecule has 0 fully saturated rings. The van der Waals surface area contributed by atoms with Crippen molar-refractivity contribution in [2.75, 3.05) is 11.9 Å². The summed E-state index contributed by atoms with van der Waals surface area (Å²) < 4.78 is 5.76. The van der Waals surface area contributed by atoms with Crippen molar-refractivity contribution in [3.8, 4) is 0 Å². The van der Waals surface area contributed by atoms with Crippen molar-refractivity contribution < 1.29 is 9.52 Å². The second-order valence-corrected chi connectivity index (χ2v) is 4.23. The van der Waals surface area contributed by atoms with Gasteiger partial charge in [0.1, 0.15) is 17.4 Å². The van der Waals surface area contributed by atoms with Gasteiger partial charge < -0.3 is 14.8 Å². The van der Waals surface area contributed by atoms with Gasteiger partial charge in [-0.05, 0) is 19.1 Å². The van der Waals surface area contributed by atoms with Crippen LogP contribution in [0.2, 0.25) is 0 Å². The largest absolute Gasteiger partial charge is 0.450 e. The maximum absolute atomic E-state index is 9.07. The monoisotopic (exact) mass is 243 g/mol. The summed E-state index contributed by atoms with van der Waals surface area (Å²) in [5.74, 6) is 0.609. The minimum absolute atomic E-state index is 0.0335. The zero-order valence-electron chi connectivity index (χ0n) is 9.92. The van der Waals surface area contributed by atoms with Gasteiger partial charge in [-0.15, -0.1) is 0 Å². The van der Waals surface area contributed by atoms with Crippen molar-refractivity contribution in [2.45, 2.75) is 13.0 Å². The fourth-order valence-electron chi connectivity index (χ4n) is 1.91. The highest BCUT2D eigenvalue weighted by molar-refractivity contribution is 6.05. The van der Waals surface area contributed by atoms with E-state index in [4.69, 9.17) is 9.52 Å². The molecule has 18 heavy (non-hydrogen) atoms. The number of nitrogens with one attached hydrogen (secondary N) is 1. The van der Waals surface area contributed by atoms with Crippen LogP contribution in [0.4, 0.5) is 5.82 Å². The molecule has 3 rings (SSSR count). The van der Waals surface area contributed by atoms with E-state index in [1.54, 1.807) is 0 Å². The molecule has 0 aliphatic heterocycles. The summed E-state index contributed by atoms with van der Waals surface area (Å²) in [6, 6.07) is 7.64. The highest BCUT2D eigenvalue weighted by atomic mass is 16.3. The average Bonchev–Trinajstić information content (AvgIpc) is 2.78. The highest BCUT2D eigenvalue weighted by Crippen LogP contribution is 2.30. The summed E-state index contributed by atoms with van der Waals surface area (Å²) in [7, 11) is 0. The third kappa shape index (κ3) is 1.69. The van der Waals surface area contributed by atoms with Crippen molar-refractivity contribution in [1.29, 1.82) is 0 Å². The Kier molecular flexibility index (Phi) is 2.60. The fraction of sp³-hybridized carbons (Fsp3) is 0.231. The van der Waals surface area contributed by atoms with Crippen molar-refractivity contribution in [3.63, 3.8) is 0 Å². The smallest absolute Gasteiger partial charge is 0.196 e. The van der Waals surface area contributed by atoms with Crippen LogP contribution in [0.25, 0.3) is 22.1 Å². The van der Waals surface area contributed by atoms with Crippen LogP contribution in [0.3, 0.4) is 0 Å². The van der Waals surface area contributed by atoms with Crippen LogP contribution in [-0.2, 0) is 0 Å². The van der Waals surface area contributed by atoms with Crippen molar-refractivity contribution in [2.24, 2.45) is 0 Å². The van der Waals surface area contributed by atoms with Gasteiger partial charge in [0.2, 0.25) is 0 Å². The van der Waals surface area contributed by atoms with E-state index in [2.05, 4.69) is 15.3 Å². The van der Waals surface area contributed by atoms with Crippen LogP contribution in [-0.4, -0.2) is 27.7 Å². The van der Waals surface area contributed by atoms with Crippen molar-refractivity contribution in [3.05, 3.63) is 30.6 Å². The molecule has 0 unspecified atom stereocenters. The molecule has 0 bridgehead atoms. The molecule has 0 amide bonds. The number of aromatic nitrogens is 2. The average molecular weight is 243 g/mol. The SMILES string of the molecule is C[C@@H](CO)Nc1ncnc2c1oc1ccccc12. The lowest BCUT2D eigenvalue weighted by atomic mass is 10.2. The topological polar surface area (TPSA) is 71.2 Å². The van der Waals surface area contributed by atoms with Crippen LogP contribution in [0, 0.1) is 0 Å². The molecule has 92 valence electrons. The lowest BCUT2D eigenvalue weighted by Crippen LogP contribution is -2.20. The molecule has 0 spiro atoms. The fourth-order valence-corrected chi connectivity index (χ4v) is 1.91. The van der Waals surface area contributed by atoms with Gasteiger partial charge in [-0.3, -0.25) is 0 Å². The predicted octanol–water partition coefficient (Wildman–Crippen LogP) is 2.17. The first-order valence-corrected chi connectivity index (χ1v) is 5.79. The molecule has 0 aliphatic carbocycles. The van der Waals surface area contributed by atoms with Gasteiger partial charge in [0.15, 0.2) is 11.4 Å². The van der Waals surface area contributed by atoms with Crippen LogP contribution < -0.4 is 5.32 Å². The minimum Gasteiger partial charge on any atom is -0.450 e. The van der Waals surface area contributed by atoms with Crippen molar-refractivity contribution in [1.82, 2.24) is 9.97 Å². The summed E-state index contributed by atoms with van der Waals surface area (Å²) >= 11 is 0. The molecule has 2 heterocycles. The Morgan fingerprint density at radius 1 is 1.33 bits per heavy atom. The maximum Gasteiger partial charge on any atom is 0.196 e. The predicted molar refractivity (Wildman–Crippen MR) is 69.5 cm³/mol. The van der Waals surface area contributed by atoms with E-state index in [1.807, 2.05) is 31.2 Å². The number of rotatable bonds is 3. The van der Waals surface area contributed by atoms with Gasteiger partial charge in [-0.25, -0.2) is 9.97 Å². The second kappa shape index (κ2) is 4.27. The van der Waals surface area contributed by atoms with E-state index in [0.29, 0.717) is 11.4 Å². The molecule has 1 atom stereocenters. The third-order valence-electron chi connectivity index (χ3n) is 2.82. The zero-order valence-corrected chi connectivity index (χ0v) is 9.92. The molecular formula is C13H13N3O2. The number of hydrogen-bond acceptors (Lipinski definition) is 5. The number of aliphatic hydroxyl groups excluding tert-OH is 1. The van der Waals surface area contributed by atoms with Gasteiger partial charge in [0.05, 0.1) is 6.61 Å². The standard InChI is InChI=1S/C13H13N3O2/c1-8(6-17)16-13-12-11(14-7-15-13)9-4-2-3-5-10(9)18-12/h2-5,7-8,17H,6H2,1H3,(H,14,15,16)/t8-/m0/s1. The molecule has 0 aliphatic rings. The number of benzene rings is 1. The highest BCUT2D eigenvalue weighted by Gasteiger charge is 2.13. The number of hydrogen-bond donors (Lipinski definition) is 2. The molecule has 0 radical (unpaired) electrons. The number of fused-ring (bicyclic) bond motifs is 3. The van der Waals surface area contributed by atoms with E-state index in [1.165, 1.54) is 6.33 Å². The lowest BCUT2D eigenvalue weighted by molar-refractivity contribution is 0.281. The van der Waals surface area contributed by atoms with E-state index >= 15 is 0 Å². The van der Waals surface area contributed by atoms with E-state index < -0.39 is 0 Å². The lowest BCUT2D eigenvalue weighted by Gasteiger charge is -2.10. The Bertz CT molecular complexity index is 693. The summed E-state index contributed by atoms with van der Waals surface area (Å²) in [6.45, 7) is 1.91. The van der Waals surface area contributed by atoms with Gasteiger partial charge in [0, 0.05) is 11.4 Å². The summed E-state index contributed by atoms with van der Waals surface area (Å²) in [5.41, 5.74) is 2.19. The van der Waals surface area contributed by atoms with Gasteiger partial charge in [0.25, 0.3) is 0 Å². The van der Waals surface area contributed by atoms with Gasteiger partial charge >= 0.3 is 0 Å². The second-order valence-electron chi connectivity index (χ2n) is 4.23. The molecule has 2 N–H and O–H groups in total. The van der Waals surface area contributed by atoms with Crippen LogP contribution >= 0.6 is 0 Å². The number of furan rings is 1. The molecule has 5 heteroatoms. The molecular weight excluding hydrogens is 230 g/mol. The van der Waals surface area contributed by atoms with E-state index in [-0.39, 0.29) is 12.6 Å². The van der Waals surface area contributed by atoms with Crippen LogP contribution in [0.5, 0.6) is 0 Å². The summed E-state index contributed by atoms with van der Waals surface area (Å²) in [6.07, 6.45) is 1.50. The van der Waals surface area contributed by atoms with Crippen LogP contribution in [0.1, 0.15) is 6.92 Å². The molecule has 2 aromatic heterocycles. The van der Waals surface area contributed by atoms with Gasteiger partial charge in [-0.2, -0.15) is 0 Å². The first-order valence-electron chi connectivity index (χ1n) is 5.79. The Morgan fingerprint density at radius 2 is 2.17 bits per heavy atom. The quantitative estimate of drug-likeness (QED) is 0.737. The number of nitrogens with zero attached hydrogens (tertiary/aromatic N) is 2. The molecule has 0 saturated carbocycles. The summed E-state index contributed by atoms with van der Waals surface area (Å²) in [5, 5.41) is 13.1. The van der Waals surface area contributed by atoms with Crippen molar-refractivity contribution >= 4 is 27.9 Å². The number of anilines is 1. The van der Waals surface area contributed by atoms with Crippen LogP contribution in [0.15, 0.2) is 35.0 Å². The maximum atomic E-state index is 9.07. The number of para-hydroxylation sites is 1. The Hall–Kier alpha value is -2.14. The first kappa shape index (κ1) is 11.0. The third-order valence-corrected chi connectivity index (χ3v) is 2.82. The first-order chi connectivity index (χ1) is 8.79. The van der Waals surface area contributed by atoms with E-state index in [0.717, 1.165) is 16.5 Å². The van der Waals surface area contributed by atoms with Gasteiger partial charge in [-0.1, -0.05) is 12.1 Å². The molecule has 5 nitrogen and oxygen atoms in total. The molecule has 0 saturated heterocycles. The molecule has 1 aromatic carbocycles. The van der Waals surface area contributed by atoms with E-state index in [9.17, 15) is 0 Å². The minimum atomic E-state index is -0.0867. The Balaban J connectivity index is 2.21. The molecule has 3 aromatic rings. The normalized spacial score (nSPS) is 13.0. The Labute approximate surface area is 103 Å². The Morgan fingerprint density at radius 3 is 3.00 bits per heavy atom.